The molecule has 0 aromatic heterocycles. The van der Waals surface area contributed by atoms with Gasteiger partial charge in [-0.1, -0.05) is 32.4 Å². The molecule has 7 nitrogen and oxygen atoms in total. The maximum absolute atomic E-state index is 11.9. The van der Waals surface area contributed by atoms with E-state index in [1.54, 1.807) is 6.07 Å². The number of nitrogens with zero attached hydrogens (tertiary/aromatic N) is 1. The summed E-state index contributed by atoms with van der Waals surface area (Å²) in [6, 6.07) is 5.09. The van der Waals surface area contributed by atoms with Crippen LogP contribution in [0, 0.1) is 16.0 Å². The number of amides is 2. The SMILES string of the molecule is CC[C@@H](C)[C@H](NC(=O)Cc1cccc([N+](=O)[O-])c1)C(N)=O. The van der Waals surface area contributed by atoms with E-state index in [0.29, 0.717) is 12.0 Å². The van der Waals surface area contributed by atoms with Crippen LogP contribution < -0.4 is 11.1 Å². The van der Waals surface area contributed by atoms with Crippen LogP contribution in [0.2, 0.25) is 0 Å². The van der Waals surface area contributed by atoms with Gasteiger partial charge in [-0.15, -0.1) is 0 Å². The first-order valence-corrected chi connectivity index (χ1v) is 6.67. The van der Waals surface area contributed by atoms with Gasteiger partial charge in [0, 0.05) is 12.1 Å². The van der Waals surface area contributed by atoms with E-state index in [0.717, 1.165) is 0 Å². The Balaban J connectivity index is 2.74. The second kappa shape index (κ2) is 7.37. The third-order valence-corrected chi connectivity index (χ3v) is 3.32. The zero-order valence-corrected chi connectivity index (χ0v) is 12.0. The zero-order valence-electron chi connectivity index (χ0n) is 12.0. The summed E-state index contributed by atoms with van der Waals surface area (Å²) in [6.45, 7) is 3.72. The van der Waals surface area contributed by atoms with E-state index in [9.17, 15) is 19.7 Å². The van der Waals surface area contributed by atoms with Gasteiger partial charge in [-0.25, -0.2) is 0 Å². The highest BCUT2D eigenvalue weighted by Gasteiger charge is 2.23. The molecule has 2 amide bonds. The molecule has 0 saturated heterocycles. The number of rotatable bonds is 7. The number of nitro benzene ring substituents is 1. The van der Waals surface area contributed by atoms with Gasteiger partial charge in [-0.05, 0) is 11.5 Å². The van der Waals surface area contributed by atoms with Gasteiger partial charge in [0.15, 0.2) is 0 Å². The molecule has 0 aliphatic rings. The monoisotopic (exact) mass is 293 g/mol. The van der Waals surface area contributed by atoms with Crippen molar-refractivity contribution in [1.29, 1.82) is 0 Å². The Hall–Kier alpha value is -2.44. The summed E-state index contributed by atoms with van der Waals surface area (Å²) < 4.78 is 0. The lowest BCUT2D eigenvalue weighted by atomic mass is 9.98. The molecule has 1 aromatic carbocycles. The fourth-order valence-corrected chi connectivity index (χ4v) is 1.92. The quantitative estimate of drug-likeness (QED) is 0.579. The van der Waals surface area contributed by atoms with Crippen LogP contribution in [-0.4, -0.2) is 22.8 Å². The predicted octanol–water partition coefficient (Wildman–Crippen LogP) is 1.15. The molecule has 0 aliphatic heterocycles. The number of nitro groups is 1. The molecule has 0 radical (unpaired) electrons. The first-order valence-electron chi connectivity index (χ1n) is 6.67. The number of hydrogen-bond acceptors (Lipinski definition) is 4. The van der Waals surface area contributed by atoms with Gasteiger partial charge < -0.3 is 11.1 Å². The van der Waals surface area contributed by atoms with Crippen molar-refractivity contribution in [3.63, 3.8) is 0 Å². The summed E-state index contributed by atoms with van der Waals surface area (Å²) in [7, 11) is 0. The molecule has 0 heterocycles. The average molecular weight is 293 g/mol. The van der Waals surface area contributed by atoms with Crippen LogP contribution in [0.15, 0.2) is 24.3 Å². The van der Waals surface area contributed by atoms with Crippen LogP contribution >= 0.6 is 0 Å². The molecular formula is C14H19N3O4. The van der Waals surface area contributed by atoms with Crippen molar-refractivity contribution in [1.82, 2.24) is 5.32 Å². The lowest BCUT2D eigenvalue weighted by Gasteiger charge is -2.21. The van der Waals surface area contributed by atoms with Crippen molar-refractivity contribution < 1.29 is 14.5 Å². The average Bonchev–Trinajstić information content (AvgIpc) is 2.43. The number of non-ortho nitro benzene ring substituents is 1. The molecule has 0 unspecified atom stereocenters. The summed E-state index contributed by atoms with van der Waals surface area (Å²) >= 11 is 0. The molecule has 0 saturated carbocycles. The van der Waals surface area contributed by atoms with E-state index in [1.165, 1.54) is 18.2 Å². The summed E-state index contributed by atoms with van der Waals surface area (Å²) in [4.78, 5) is 33.4. The molecule has 1 aromatic rings. The number of benzene rings is 1. The van der Waals surface area contributed by atoms with Crippen LogP contribution in [0.25, 0.3) is 0 Å². The largest absolute Gasteiger partial charge is 0.368 e. The van der Waals surface area contributed by atoms with Crippen molar-refractivity contribution in [2.75, 3.05) is 0 Å². The smallest absolute Gasteiger partial charge is 0.269 e. The highest BCUT2D eigenvalue weighted by Crippen LogP contribution is 2.14. The Morgan fingerprint density at radius 2 is 2.10 bits per heavy atom. The third-order valence-electron chi connectivity index (χ3n) is 3.32. The van der Waals surface area contributed by atoms with Gasteiger partial charge >= 0.3 is 0 Å². The number of primary amides is 1. The van der Waals surface area contributed by atoms with E-state index in [1.807, 2.05) is 13.8 Å². The highest BCUT2D eigenvalue weighted by molar-refractivity contribution is 5.87. The topological polar surface area (TPSA) is 115 Å². The van der Waals surface area contributed by atoms with Crippen LogP contribution in [0.5, 0.6) is 0 Å². The molecule has 1 rings (SSSR count). The fourth-order valence-electron chi connectivity index (χ4n) is 1.92. The Bertz CT molecular complexity index is 545. The standard InChI is InChI=1S/C14H19N3O4/c1-3-9(2)13(14(15)19)16-12(18)8-10-5-4-6-11(7-10)17(20)21/h4-7,9,13H,3,8H2,1-2H3,(H2,15,19)(H,16,18)/t9-,13+/m1/s1. The number of carbonyl (C=O) groups is 2. The van der Waals surface area contributed by atoms with Crippen molar-refractivity contribution in [3.05, 3.63) is 39.9 Å². The van der Waals surface area contributed by atoms with Gasteiger partial charge in [-0.2, -0.15) is 0 Å². The van der Waals surface area contributed by atoms with Crippen molar-refractivity contribution in [3.8, 4) is 0 Å². The summed E-state index contributed by atoms with van der Waals surface area (Å²) in [5.74, 6) is -1.05. The molecule has 114 valence electrons. The predicted molar refractivity (Wildman–Crippen MR) is 77.4 cm³/mol. The molecule has 0 fully saturated rings. The van der Waals surface area contributed by atoms with E-state index in [2.05, 4.69) is 5.32 Å². The summed E-state index contributed by atoms with van der Waals surface area (Å²) in [5.41, 5.74) is 5.71. The lowest BCUT2D eigenvalue weighted by molar-refractivity contribution is -0.384. The van der Waals surface area contributed by atoms with Crippen LogP contribution in [0.1, 0.15) is 25.8 Å². The Morgan fingerprint density at radius 3 is 2.62 bits per heavy atom. The lowest BCUT2D eigenvalue weighted by Crippen LogP contribution is -2.48. The van der Waals surface area contributed by atoms with E-state index in [4.69, 9.17) is 5.73 Å². The van der Waals surface area contributed by atoms with Crippen LogP contribution in [0.4, 0.5) is 5.69 Å². The summed E-state index contributed by atoms with van der Waals surface area (Å²) in [6.07, 6.45) is 0.659. The van der Waals surface area contributed by atoms with Gasteiger partial charge in [0.05, 0.1) is 11.3 Å². The molecule has 7 heteroatoms. The van der Waals surface area contributed by atoms with Crippen molar-refractivity contribution >= 4 is 17.5 Å². The van der Waals surface area contributed by atoms with E-state index in [-0.39, 0.29) is 23.9 Å². The number of hydrogen-bond donors (Lipinski definition) is 2. The maximum Gasteiger partial charge on any atom is 0.269 e. The highest BCUT2D eigenvalue weighted by atomic mass is 16.6. The van der Waals surface area contributed by atoms with Gasteiger partial charge in [0.25, 0.3) is 5.69 Å². The van der Waals surface area contributed by atoms with Crippen molar-refractivity contribution in [2.45, 2.75) is 32.7 Å². The molecule has 0 spiro atoms. The Morgan fingerprint density at radius 1 is 1.43 bits per heavy atom. The minimum atomic E-state index is -0.735. The Labute approximate surface area is 122 Å². The first kappa shape index (κ1) is 16.6. The van der Waals surface area contributed by atoms with Gasteiger partial charge in [0.2, 0.25) is 11.8 Å². The number of nitrogens with one attached hydrogen (secondary N) is 1. The van der Waals surface area contributed by atoms with Crippen LogP contribution in [0.3, 0.4) is 0 Å². The molecule has 3 N–H and O–H groups in total. The maximum atomic E-state index is 11.9. The molecule has 0 bridgehead atoms. The van der Waals surface area contributed by atoms with E-state index >= 15 is 0 Å². The normalized spacial score (nSPS) is 13.2. The first-order chi connectivity index (χ1) is 9.85. The number of nitrogens with two attached hydrogens (primary N) is 1. The molecule has 21 heavy (non-hydrogen) atoms. The molecular weight excluding hydrogens is 274 g/mol. The third kappa shape index (κ3) is 4.87. The zero-order chi connectivity index (χ0) is 16.0. The van der Waals surface area contributed by atoms with Crippen molar-refractivity contribution in [2.24, 2.45) is 11.7 Å². The minimum Gasteiger partial charge on any atom is -0.368 e. The molecule has 0 aliphatic carbocycles. The number of carbonyl (C=O) groups excluding carboxylic acids is 2. The second-order valence-corrected chi connectivity index (χ2v) is 4.94. The van der Waals surface area contributed by atoms with Crippen LogP contribution in [-0.2, 0) is 16.0 Å². The summed E-state index contributed by atoms with van der Waals surface area (Å²) in [5, 5.41) is 13.3. The van der Waals surface area contributed by atoms with Gasteiger partial charge in [-0.3, -0.25) is 19.7 Å². The van der Waals surface area contributed by atoms with E-state index < -0.39 is 16.9 Å². The van der Waals surface area contributed by atoms with Gasteiger partial charge in [0.1, 0.15) is 6.04 Å². The molecule has 2 atom stereocenters. The minimum absolute atomic E-state index is 0.0398. The Kier molecular flexibility index (Phi) is 5.83. The second-order valence-electron chi connectivity index (χ2n) is 4.94. The fraction of sp³-hybridized carbons (Fsp3) is 0.429.